The van der Waals surface area contributed by atoms with Crippen LogP contribution in [0.4, 0.5) is 5.82 Å². The van der Waals surface area contributed by atoms with E-state index in [1.54, 1.807) is 13.3 Å². The Hall–Kier alpha value is -1.54. The molecule has 0 aliphatic carbocycles. The molecule has 0 spiro atoms. The maximum Gasteiger partial charge on any atom is 0.255 e. The Morgan fingerprint density at radius 2 is 2.35 bits per heavy atom. The van der Waals surface area contributed by atoms with Crippen molar-refractivity contribution in [2.75, 3.05) is 18.2 Å². The lowest BCUT2D eigenvalue weighted by Gasteiger charge is -2.10. The molecule has 1 fully saturated rings. The first kappa shape index (κ1) is 14.9. The van der Waals surface area contributed by atoms with Crippen molar-refractivity contribution >= 4 is 29.4 Å². The lowest BCUT2D eigenvalue weighted by atomic mass is 10.2. The minimum atomic E-state index is -0.602. The third-order valence-corrected chi connectivity index (χ3v) is 3.82. The fourth-order valence-electron chi connectivity index (χ4n) is 2.20. The lowest BCUT2D eigenvalue weighted by Crippen LogP contribution is -2.23. The smallest absolute Gasteiger partial charge is 0.255 e. The molecule has 0 aromatic carbocycles. The van der Waals surface area contributed by atoms with Crippen LogP contribution >= 0.6 is 11.8 Å². The Labute approximate surface area is 121 Å². The number of hydrogen-bond donors (Lipinski definition) is 2. The number of primary amides is 1. The molecule has 1 aliphatic heterocycles. The molecule has 1 atom stereocenters. The molecule has 1 saturated heterocycles. The van der Waals surface area contributed by atoms with Gasteiger partial charge in [-0.15, -0.1) is 11.8 Å². The van der Waals surface area contributed by atoms with Crippen LogP contribution < -0.4 is 11.1 Å². The second-order valence-electron chi connectivity index (χ2n) is 4.61. The van der Waals surface area contributed by atoms with Crippen molar-refractivity contribution in [2.45, 2.75) is 30.4 Å². The molecular formula is C12H18N4O3S. The van der Waals surface area contributed by atoms with Crippen LogP contribution in [0.15, 0.2) is 5.03 Å². The molecule has 1 unspecified atom stereocenters. The molecule has 20 heavy (non-hydrogen) atoms. The van der Waals surface area contributed by atoms with Gasteiger partial charge in [-0.3, -0.25) is 14.3 Å². The monoisotopic (exact) mass is 298 g/mol. The average Bonchev–Trinajstić information content (AvgIpc) is 2.98. The van der Waals surface area contributed by atoms with Crippen LogP contribution in [-0.2, 0) is 16.6 Å². The van der Waals surface area contributed by atoms with Gasteiger partial charge in [0.15, 0.2) is 0 Å². The number of thioether (sulfide) groups is 1. The highest BCUT2D eigenvalue weighted by atomic mass is 32.2. The Bertz CT molecular complexity index is 523. The largest absolute Gasteiger partial charge is 0.378 e. The number of nitrogens with two attached hydrogens (primary N) is 1. The summed E-state index contributed by atoms with van der Waals surface area (Å²) in [6.07, 6.45) is 3.90. The van der Waals surface area contributed by atoms with Crippen molar-refractivity contribution in [2.24, 2.45) is 12.8 Å². The van der Waals surface area contributed by atoms with Crippen LogP contribution in [0, 0.1) is 0 Å². The normalized spacial score (nSPS) is 18.2. The van der Waals surface area contributed by atoms with Crippen molar-refractivity contribution in [1.82, 2.24) is 9.78 Å². The van der Waals surface area contributed by atoms with Crippen LogP contribution in [0.3, 0.4) is 0 Å². The molecule has 8 heteroatoms. The number of hydrogen-bond acceptors (Lipinski definition) is 5. The SMILES string of the molecule is CSc1nn(C)c(NC(=O)CC2CCCO2)c1C(N)=O. The number of amides is 2. The molecular weight excluding hydrogens is 280 g/mol. The Balaban J connectivity index is 2.13. The number of anilines is 1. The predicted octanol–water partition coefficient (Wildman–Crippen LogP) is 0.748. The van der Waals surface area contributed by atoms with E-state index < -0.39 is 5.91 Å². The van der Waals surface area contributed by atoms with E-state index in [1.807, 2.05) is 0 Å². The maximum atomic E-state index is 12.0. The molecule has 3 N–H and O–H groups in total. The maximum absolute atomic E-state index is 12.0. The van der Waals surface area contributed by atoms with Gasteiger partial charge in [0.1, 0.15) is 16.4 Å². The zero-order valence-corrected chi connectivity index (χ0v) is 12.3. The summed E-state index contributed by atoms with van der Waals surface area (Å²) in [7, 11) is 1.66. The van der Waals surface area contributed by atoms with Crippen LogP contribution in [0.2, 0.25) is 0 Å². The summed E-state index contributed by atoms with van der Waals surface area (Å²) in [4.78, 5) is 23.5. The highest BCUT2D eigenvalue weighted by Crippen LogP contribution is 2.26. The van der Waals surface area contributed by atoms with Crippen LogP contribution in [0.25, 0.3) is 0 Å². The number of nitrogens with zero attached hydrogens (tertiary/aromatic N) is 2. The summed E-state index contributed by atoms with van der Waals surface area (Å²) in [5.41, 5.74) is 5.61. The second-order valence-corrected chi connectivity index (χ2v) is 5.40. The minimum absolute atomic E-state index is 0.0414. The molecule has 110 valence electrons. The van der Waals surface area contributed by atoms with Crippen LogP contribution in [-0.4, -0.2) is 40.6 Å². The van der Waals surface area contributed by atoms with E-state index in [0.29, 0.717) is 17.5 Å². The van der Waals surface area contributed by atoms with Gasteiger partial charge < -0.3 is 15.8 Å². The number of carbonyl (C=O) groups is 2. The van der Waals surface area contributed by atoms with Crippen molar-refractivity contribution in [3.05, 3.63) is 5.56 Å². The predicted molar refractivity (Wildman–Crippen MR) is 75.7 cm³/mol. The van der Waals surface area contributed by atoms with E-state index in [-0.39, 0.29) is 24.0 Å². The van der Waals surface area contributed by atoms with Gasteiger partial charge in [-0.1, -0.05) is 0 Å². The van der Waals surface area contributed by atoms with Crippen molar-refractivity contribution in [3.8, 4) is 0 Å². The fourth-order valence-corrected chi connectivity index (χ4v) is 2.81. The summed E-state index contributed by atoms with van der Waals surface area (Å²) < 4.78 is 6.87. The van der Waals surface area contributed by atoms with E-state index in [4.69, 9.17) is 10.5 Å². The van der Waals surface area contributed by atoms with E-state index >= 15 is 0 Å². The first-order valence-corrected chi connectivity index (χ1v) is 7.57. The van der Waals surface area contributed by atoms with E-state index in [2.05, 4.69) is 10.4 Å². The van der Waals surface area contributed by atoms with Gasteiger partial charge in [0.05, 0.1) is 12.5 Å². The van der Waals surface area contributed by atoms with Crippen molar-refractivity contribution < 1.29 is 14.3 Å². The lowest BCUT2D eigenvalue weighted by molar-refractivity contribution is -0.118. The number of nitrogens with one attached hydrogen (secondary N) is 1. The molecule has 2 rings (SSSR count). The zero-order valence-electron chi connectivity index (χ0n) is 11.5. The topological polar surface area (TPSA) is 99.2 Å². The van der Waals surface area contributed by atoms with Crippen molar-refractivity contribution in [1.29, 1.82) is 0 Å². The Morgan fingerprint density at radius 1 is 1.60 bits per heavy atom. The Morgan fingerprint density at radius 3 is 2.90 bits per heavy atom. The summed E-state index contributed by atoms with van der Waals surface area (Å²) in [5, 5.41) is 7.38. The van der Waals surface area contributed by atoms with Gasteiger partial charge in [0.25, 0.3) is 5.91 Å². The van der Waals surface area contributed by atoms with Crippen LogP contribution in [0.5, 0.6) is 0 Å². The van der Waals surface area contributed by atoms with Gasteiger partial charge >= 0.3 is 0 Å². The first-order valence-electron chi connectivity index (χ1n) is 6.35. The first-order chi connectivity index (χ1) is 9.52. The summed E-state index contributed by atoms with van der Waals surface area (Å²) in [5.74, 6) is -0.463. The molecule has 0 radical (unpaired) electrons. The zero-order chi connectivity index (χ0) is 14.7. The van der Waals surface area contributed by atoms with E-state index in [0.717, 1.165) is 12.8 Å². The van der Waals surface area contributed by atoms with Gasteiger partial charge in [-0.2, -0.15) is 5.10 Å². The molecule has 1 aromatic heterocycles. The highest BCUT2D eigenvalue weighted by Gasteiger charge is 2.24. The van der Waals surface area contributed by atoms with E-state index in [1.165, 1.54) is 16.4 Å². The minimum Gasteiger partial charge on any atom is -0.378 e. The summed E-state index contributed by atoms with van der Waals surface area (Å²) in [6.45, 7) is 0.701. The molecule has 1 aliphatic rings. The third-order valence-electron chi connectivity index (χ3n) is 3.15. The second kappa shape index (κ2) is 6.27. The van der Waals surface area contributed by atoms with Gasteiger partial charge in [-0.25, -0.2) is 0 Å². The molecule has 2 heterocycles. The quantitative estimate of drug-likeness (QED) is 0.781. The highest BCUT2D eigenvalue weighted by molar-refractivity contribution is 7.98. The van der Waals surface area contributed by atoms with Gasteiger partial charge in [0.2, 0.25) is 5.91 Å². The molecule has 0 bridgehead atoms. The number of aryl methyl sites for hydroxylation is 1. The standard InChI is InChI=1S/C12H18N4O3S/c1-16-11(9(10(13)18)12(15-16)20-2)14-8(17)6-7-4-3-5-19-7/h7H,3-6H2,1-2H3,(H2,13,18)(H,14,17). The Kier molecular flexibility index (Phi) is 4.66. The molecule has 0 saturated carbocycles. The average molecular weight is 298 g/mol. The third kappa shape index (κ3) is 3.13. The molecule has 2 amide bonds. The fraction of sp³-hybridized carbons (Fsp3) is 0.583. The van der Waals surface area contributed by atoms with Gasteiger partial charge in [-0.05, 0) is 19.1 Å². The van der Waals surface area contributed by atoms with Gasteiger partial charge in [0, 0.05) is 13.7 Å². The summed E-state index contributed by atoms with van der Waals surface area (Å²) in [6, 6.07) is 0. The summed E-state index contributed by atoms with van der Waals surface area (Å²) >= 11 is 1.31. The van der Waals surface area contributed by atoms with Crippen molar-refractivity contribution in [3.63, 3.8) is 0 Å². The van der Waals surface area contributed by atoms with E-state index in [9.17, 15) is 9.59 Å². The van der Waals surface area contributed by atoms with Crippen LogP contribution in [0.1, 0.15) is 29.6 Å². The number of aromatic nitrogens is 2. The number of carbonyl (C=O) groups excluding carboxylic acids is 2. The number of ether oxygens (including phenoxy) is 1. The molecule has 1 aromatic rings. The number of rotatable bonds is 5. The molecule has 7 nitrogen and oxygen atoms in total.